The van der Waals surface area contributed by atoms with E-state index in [1.807, 2.05) is 0 Å². The van der Waals surface area contributed by atoms with Gasteiger partial charge in [0.15, 0.2) is 12.2 Å². The first-order valence-electron chi connectivity index (χ1n) is 10.9. The van der Waals surface area contributed by atoms with Crippen LogP contribution >= 0.6 is 0 Å². The number of benzene rings is 1. The number of carbonyl (C=O) groups is 5. The van der Waals surface area contributed by atoms with Crippen LogP contribution in [0.3, 0.4) is 0 Å². The molecule has 0 radical (unpaired) electrons. The predicted octanol–water partition coefficient (Wildman–Crippen LogP) is 1.40. The lowest BCUT2D eigenvalue weighted by atomic mass is 9.98. The second kappa shape index (κ2) is 13.7. The van der Waals surface area contributed by atoms with E-state index < -0.39 is 67.1 Å². The Bertz CT molecular complexity index is 1060. The maximum atomic E-state index is 11.9. The van der Waals surface area contributed by atoms with Crippen LogP contribution in [0.25, 0.3) is 10.4 Å². The summed E-state index contributed by atoms with van der Waals surface area (Å²) in [6, 6.07) is 5.87. The number of nitrogens with zero attached hydrogens (tertiary/aromatic N) is 3. The van der Waals surface area contributed by atoms with Crippen molar-refractivity contribution in [3.63, 3.8) is 0 Å². The van der Waals surface area contributed by atoms with Crippen LogP contribution < -0.4 is 10.1 Å². The molecule has 1 N–H and O–H groups in total. The summed E-state index contributed by atoms with van der Waals surface area (Å²) in [5.41, 5.74) is 8.66. The van der Waals surface area contributed by atoms with E-state index in [9.17, 15) is 24.0 Å². The monoisotopic (exact) mass is 522 g/mol. The van der Waals surface area contributed by atoms with Crippen LogP contribution in [-0.2, 0) is 47.7 Å². The Morgan fingerprint density at radius 2 is 1.46 bits per heavy atom. The summed E-state index contributed by atoms with van der Waals surface area (Å²) in [5.74, 6) is -3.28. The molecule has 1 saturated heterocycles. The van der Waals surface area contributed by atoms with Gasteiger partial charge in [0, 0.05) is 38.3 Å². The molecule has 15 heteroatoms. The third kappa shape index (κ3) is 9.31. The van der Waals surface area contributed by atoms with Crippen molar-refractivity contribution >= 4 is 35.5 Å². The zero-order valence-electron chi connectivity index (χ0n) is 20.4. The van der Waals surface area contributed by atoms with Crippen molar-refractivity contribution in [3.05, 3.63) is 34.7 Å². The lowest BCUT2D eigenvalue weighted by Crippen LogP contribution is -2.63. The molecule has 1 aromatic carbocycles. The number of esters is 4. The molecule has 37 heavy (non-hydrogen) atoms. The number of nitrogens with one attached hydrogen (secondary N) is 1. The van der Waals surface area contributed by atoms with Crippen LogP contribution in [0.4, 0.5) is 5.69 Å². The van der Waals surface area contributed by atoms with E-state index >= 15 is 0 Å². The fourth-order valence-electron chi connectivity index (χ4n) is 3.33. The van der Waals surface area contributed by atoms with E-state index in [-0.39, 0.29) is 12.3 Å². The van der Waals surface area contributed by atoms with Gasteiger partial charge in [0.2, 0.25) is 18.3 Å². The molecule has 5 atom stereocenters. The topological polar surface area (TPSA) is 202 Å². The number of carbonyl (C=O) groups excluding carboxylic acids is 5. The SMILES string of the molecule is CC(=O)OC[C@H]1O[C@@H](Oc2ccc(NC(=O)CN=[N+]=[N-])cc2)[C@H](OC(C)=O)[C@@H](OC(C)=O)[C@H]1OC(C)=O. The van der Waals surface area contributed by atoms with E-state index in [0.717, 1.165) is 27.7 Å². The molecule has 0 aromatic heterocycles. The largest absolute Gasteiger partial charge is 0.463 e. The summed E-state index contributed by atoms with van der Waals surface area (Å²) in [4.78, 5) is 61.1. The fourth-order valence-corrected chi connectivity index (χ4v) is 3.33. The van der Waals surface area contributed by atoms with Gasteiger partial charge < -0.3 is 33.7 Å². The van der Waals surface area contributed by atoms with Gasteiger partial charge in [-0.1, -0.05) is 5.11 Å². The molecular formula is C22H26N4O11. The molecule has 0 saturated carbocycles. The molecule has 1 heterocycles. The third-order valence-electron chi connectivity index (χ3n) is 4.62. The summed E-state index contributed by atoms with van der Waals surface area (Å²) in [7, 11) is 0. The second-order valence-electron chi connectivity index (χ2n) is 7.65. The summed E-state index contributed by atoms with van der Waals surface area (Å²) in [6.07, 6.45) is -6.62. The maximum absolute atomic E-state index is 11.9. The number of azide groups is 1. The third-order valence-corrected chi connectivity index (χ3v) is 4.62. The minimum Gasteiger partial charge on any atom is -0.463 e. The van der Waals surface area contributed by atoms with Gasteiger partial charge in [-0.05, 0) is 29.8 Å². The van der Waals surface area contributed by atoms with Crippen LogP contribution in [0.2, 0.25) is 0 Å². The number of rotatable bonds is 10. The number of amides is 1. The van der Waals surface area contributed by atoms with E-state index in [1.165, 1.54) is 24.3 Å². The summed E-state index contributed by atoms with van der Waals surface area (Å²) in [6.45, 7) is 3.71. The zero-order valence-corrected chi connectivity index (χ0v) is 20.4. The van der Waals surface area contributed by atoms with Gasteiger partial charge in [0.05, 0.1) is 0 Å². The molecule has 0 bridgehead atoms. The van der Waals surface area contributed by atoms with Gasteiger partial charge >= 0.3 is 23.9 Å². The average molecular weight is 522 g/mol. The van der Waals surface area contributed by atoms with Gasteiger partial charge in [-0.3, -0.25) is 24.0 Å². The molecule has 1 aromatic rings. The Morgan fingerprint density at radius 3 is 2.00 bits per heavy atom. The van der Waals surface area contributed by atoms with Crippen molar-refractivity contribution in [2.24, 2.45) is 5.11 Å². The maximum Gasteiger partial charge on any atom is 0.303 e. The van der Waals surface area contributed by atoms with Crippen LogP contribution in [0.1, 0.15) is 27.7 Å². The standard InChI is InChI=1S/C22H26N4O11/c1-11(27)32-10-17-19(33-12(2)28)20(34-13(3)29)21(35-14(4)30)22(37-17)36-16-7-5-15(6-8-16)25-18(31)9-24-26-23/h5-8,17,19-22H,9-10H2,1-4H3,(H,25,31)/t17-,19+,20+,21-,22-/m1/s1. The van der Waals surface area contributed by atoms with E-state index in [0.29, 0.717) is 5.69 Å². The quantitative estimate of drug-likeness (QED) is 0.153. The van der Waals surface area contributed by atoms with Crippen molar-refractivity contribution in [1.82, 2.24) is 0 Å². The van der Waals surface area contributed by atoms with Crippen LogP contribution in [0.15, 0.2) is 29.4 Å². The van der Waals surface area contributed by atoms with Crippen LogP contribution in [0.5, 0.6) is 5.75 Å². The number of anilines is 1. The summed E-state index contributed by atoms with van der Waals surface area (Å²) < 4.78 is 32.7. The Balaban J connectivity index is 2.35. The lowest BCUT2D eigenvalue weighted by molar-refractivity contribution is -0.288. The molecule has 0 unspecified atom stereocenters. The molecule has 0 spiro atoms. The molecule has 1 aliphatic heterocycles. The van der Waals surface area contributed by atoms with Crippen molar-refractivity contribution in [1.29, 1.82) is 0 Å². The molecular weight excluding hydrogens is 496 g/mol. The van der Waals surface area contributed by atoms with E-state index in [2.05, 4.69) is 15.3 Å². The molecule has 1 amide bonds. The molecule has 200 valence electrons. The van der Waals surface area contributed by atoms with Crippen molar-refractivity contribution in [2.45, 2.75) is 58.4 Å². The Labute approximate surface area is 210 Å². The minimum absolute atomic E-state index is 0.189. The Hall–Kier alpha value is -4.36. The van der Waals surface area contributed by atoms with Crippen molar-refractivity contribution in [3.8, 4) is 5.75 Å². The molecule has 0 aliphatic carbocycles. The first-order chi connectivity index (χ1) is 17.5. The smallest absolute Gasteiger partial charge is 0.303 e. The van der Waals surface area contributed by atoms with E-state index in [4.69, 9.17) is 34.0 Å². The highest BCUT2D eigenvalue weighted by atomic mass is 16.7. The molecule has 2 rings (SSSR count). The molecule has 1 fully saturated rings. The lowest BCUT2D eigenvalue weighted by Gasteiger charge is -2.43. The van der Waals surface area contributed by atoms with Gasteiger partial charge in [0.25, 0.3) is 0 Å². The normalized spacial score (nSPS) is 22.4. The van der Waals surface area contributed by atoms with Crippen LogP contribution in [-0.4, -0.2) is 73.6 Å². The Kier molecular flexibility index (Phi) is 10.7. The Morgan fingerprint density at radius 1 is 0.892 bits per heavy atom. The number of hydrogen-bond acceptors (Lipinski definition) is 12. The first kappa shape index (κ1) is 28.9. The average Bonchev–Trinajstić information content (AvgIpc) is 2.80. The summed E-state index contributed by atoms with van der Waals surface area (Å²) >= 11 is 0. The van der Waals surface area contributed by atoms with E-state index in [1.54, 1.807) is 0 Å². The zero-order chi connectivity index (χ0) is 27.5. The minimum atomic E-state index is -1.40. The van der Waals surface area contributed by atoms with Gasteiger partial charge in [-0.25, -0.2) is 0 Å². The van der Waals surface area contributed by atoms with Crippen molar-refractivity contribution in [2.75, 3.05) is 18.5 Å². The van der Waals surface area contributed by atoms with Crippen molar-refractivity contribution < 1.29 is 52.4 Å². The van der Waals surface area contributed by atoms with Crippen LogP contribution in [0, 0.1) is 0 Å². The molecule has 1 aliphatic rings. The number of hydrogen-bond donors (Lipinski definition) is 1. The van der Waals surface area contributed by atoms with Gasteiger partial charge in [0.1, 0.15) is 25.0 Å². The highest BCUT2D eigenvalue weighted by Crippen LogP contribution is 2.31. The summed E-state index contributed by atoms with van der Waals surface area (Å²) in [5, 5.41) is 5.68. The predicted molar refractivity (Wildman–Crippen MR) is 122 cm³/mol. The van der Waals surface area contributed by atoms with Gasteiger partial charge in [-0.2, -0.15) is 0 Å². The first-order valence-corrected chi connectivity index (χ1v) is 10.9. The number of ether oxygens (including phenoxy) is 6. The highest BCUT2D eigenvalue weighted by molar-refractivity contribution is 5.92. The second-order valence-corrected chi connectivity index (χ2v) is 7.65. The van der Waals surface area contributed by atoms with Gasteiger partial charge in [-0.15, -0.1) is 0 Å². The highest BCUT2D eigenvalue weighted by Gasteiger charge is 2.53. The molecule has 15 nitrogen and oxygen atoms in total. The fraction of sp³-hybridized carbons (Fsp3) is 0.500.